The molecule has 0 spiro atoms. The number of anilines is 5. The number of hydrogen-bond acceptors (Lipinski definition) is 2. The highest BCUT2D eigenvalue weighted by atomic mass is 15.2. The van der Waals surface area contributed by atoms with Gasteiger partial charge in [-0.05, 0) is 126 Å². The zero-order valence-electron chi connectivity index (χ0n) is 35.8. The number of nitrogens with zero attached hydrogens (tertiary/aromatic N) is 2. The number of benzene rings is 10. The molecule has 0 amide bonds. The lowest BCUT2D eigenvalue weighted by atomic mass is 9.43. The van der Waals surface area contributed by atoms with Crippen molar-refractivity contribution < 1.29 is 0 Å². The van der Waals surface area contributed by atoms with Crippen molar-refractivity contribution in [3.05, 3.63) is 236 Å². The predicted molar refractivity (Wildman–Crippen MR) is 272 cm³/mol. The molecule has 0 fully saturated rings. The van der Waals surface area contributed by atoms with E-state index in [2.05, 4.69) is 248 Å². The molecule has 0 bridgehead atoms. The van der Waals surface area contributed by atoms with Crippen LogP contribution in [0.1, 0.15) is 25.0 Å². The van der Waals surface area contributed by atoms with Gasteiger partial charge in [0.15, 0.2) is 0 Å². The quantitative estimate of drug-likeness (QED) is 0.160. The Balaban J connectivity index is 1.13. The second-order valence-corrected chi connectivity index (χ2v) is 18.1. The molecule has 64 heavy (non-hydrogen) atoms. The molecule has 2 heterocycles. The average Bonchev–Trinajstić information content (AvgIpc) is 3.59. The minimum Gasteiger partial charge on any atom is -0.376 e. The van der Waals surface area contributed by atoms with E-state index < -0.39 is 0 Å². The van der Waals surface area contributed by atoms with Gasteiger partial charge in [0.2, 0.25) is 0 Å². The highest BCUT2D eigenvalue weighted by Gasteiger charge is 2.47. The largest absolute Gasteiger partial charge is 0.376 e. The molecule has 2 nitrogen and oxygen atoms in total. The Labute approximate surface area is 375 Å². The summed E-state index contributed by atoms with van der Waals surface area (Å²) in [7, 11) is 0. The van der Waals surface area contributed by atoms with E-state index in [4.69, 9.17) is 0 Å². The Bertz CT molecular complexity index is 3450. The third-order valence-corrected chi connectivity index (χ3v) is 14.2. The lowest BCUT2D eigenvalue weighted by Crippen LogP contribution is -2.61. The first-order valence-electron chi connectivity index (χ1n) is 22.5. The first-order valence-corrected chi connectivity index (χ1v) is 22.5. The SMILES string of the molecule is CC1(C)c2ccccc2-c2cc3c(cc21)N(c1ccc(-c2ccccc2)cc1)B1c2cc(-c4ccccc4)ccc2N(c2ccc(-c4ccccc4)cc2)c2c1c-3cc1ccccc21. The third kappa shape index (κ3) is 5.47. The average molecular weight is 815 g/mol. The lowest BCUT2D eigenvalue weighted by molar-refractivity contribution is 0.660. The Morgan fingerprint density at radius 2 is 0.922 bits per heavy atom. The Morgan fingerprint density at radius 3 is 1.59 bits per heavy atom. The number of hydrogen-bond donors (Lipinski definition) is 0. The van der Waals surface area contributed by atoms with Gasteiger partial charge in [-0.25, -0.2) is 0 Å². The molecule has 300 valence electrons. The summed E-state index contributed by atoms with van der Waals surface area (Å²) in [5.41, 5.74) is 23.6. The Morgan fingerprint density at radius 1 is 0.375 bits per heavy atom. The molecule has 3 heteroatoms. The molecule has 10 aromatic rings. The van der Waals surface area contributed by atoms with Crippen molar-refractivity contribution in [1.29, 1.82) is 0 Å². The molecule has 3 aliphatic rings. The van der Waals surface area contributed by atoms with Gasteiger partial charge in [-0.15, -0.1) is 0 Å². The van der Waals surface area contributed by atoms with Gasteiger partial charge in [-0.1, -0.05) is 190 Å². The van der Waals surface area contributed by atoms with Crippen LogP contribution in [0.2, 0.25) is 0 Å². The zero-order chi connectivity index (χ0) is 42.5. The Hall–Kier alpha value is -7.88. The van der Waals surface area contributed by atoms with Crippen molar-refractivity contribution >= 4 is 57.0 Å². The van der Waals surface area contributed by atoms with Crippen LogP contribution in [0.5, 0.6) is 0 Å². The summed E-state index contributed by atoms with van der Waals surface area (Å²) < 4.78 is 0. The molecule has 13 rings (SSSR count). The fourth-order valence-corrected chi connectivity index (χ4v) is 11.1. The van der Waals surface area contributed by atoms with Gasteiger partial charge < -0.3 is 9.71 Å². The third-order valence-electron chi connectivity index (χ3n) is 14.2. The van der Waals surface area contributed by atoms with Crippen LogP contribution in [0, 0.1) is 0 Å². The van der Waals surface area contributed by atoms with Gasteiger partial charge in [-0.2, -0.15) is 0 Å². The smallest absolute Gasteiger partial charge is 0.333 e. The molecule has 10 aromatic carbocycles. The normalized spacial score (nSPS) is 13.8. The van der Waals surface area contributed by atoms with E-state index in [1.54, 1.807) is 0 Å². The summed E-state index contributed by atoms with van der Waals surface area (Å²) in [6.45, 7) is 4.66. The maximum Gasteiger partial charge on any atom is 0.333 e. The van der Waals surface area contributed by atoms with E-state index in [0.29, 0.717) is 0 Å². The van der Waals surface area contributed by atoms with Crippen LogP contribution in [0.3, 0.4) is 0 Å². The second kappa shape index (κ2) is 14.1. The fourth-order valence-electron chi connectivity index (χ4n) is 11.1. The van der Waals surface area contributed by atoms with Gasteiger partial charge >= 0.3 is 6.85 Å². The van der Waals surface area contributed by atoms with E-state index in [0.717, 1.165) is 5.69 Å². The summed E-state index contributed by atoms with van der Waals surface area (Å²) in [4.78, 5) is 5.23. The van der Waals surface area contributed by atoms with Crippen LogP contribution in [-0.2, 0) is 5.41 Å². The predicted octanol–water partition coefficient (Wildman–Crippen LogP) is 14.9. The molecule has 2 aliphatic heterocycles. The standard InChI is InChI=1S/C61H43BN2/c1-61(2)54-25-15-14-24-50(54)51-38-52-53-36-46-22-12-13-23-49(46)60-59(53)62(64(58(52)39-55(51)61)48-33-28-44(29-34-48)41-18-8-4-9-19-41)56-37-45(42-20-10-5-11-21-42)30-35-57(56)63(60)47-31-26-43(27-32-47)40-16-6-3-7-17-40/h3-39H,1-2H3. The van der Waals surface area contributed by atoms with E-state index >= 15 is 0 Å². The molecule has 0 atom stereocenters. The summed E-state index contributed by atoms with van der Waals surface area (Å²) in [5, 5.41) is 2.48. The van der Waals surface area contributed by atoms with Crippen molar-refractivity contribution in [1.82, 2.24) is 0 Å². The van der Waals surface area contributed by atoms with Crippen LogP contribution in [0.4, 0.5) is 28.4 Å². The van der Waals surface area contributed by atoms with Gasteiger partial charge in [-0.3, -0.25) is 0 Å². The van der Waals surface area contributed by atoms with Crippen LogP contribution >= 0.6 is 0 Å². The van der Waals surface area contributed by atoms with Crippen molar-refractivity contribution in [2.24, 2.45) is 0 Å². The summed E-state index contributed by atoms with van der Waals surface area (Å²) in [5.74, 6) is 0. The van der Waals surface area contributed by atoms with Crippen molar-refractivity contribution in [2.75, 3.05) is 9.71 Å². The van der Waals surface area contributed by atoms with Crippen LogP contribution in [-0.4, -0.2) is 6.85 Å². The van der Waals surface area contributed by atoms with Crippen molar-refractivity contribution in [3.63, 3.8) is 0 Å². The molecule has 0 aromatic heterocycles. The molecule has 1 aliphatic carbocycles. The Kier molecular flexibility index (Phi) is 8.08. The van der Waals surface area contributed by atoms with E-state index in [1.807, 2.05) is 0 Å². The minimum atomic E-state index is -0.160. The van der Waals surface area contributed by atoms with Gasteiger partial charge in [0.1, 0.15) is 0 Å². The van der Waals surface area contributed by atoms with Gasteiger partial charge in [0, 0.05) is 39.1 Å². The fraction of sp³-hybridized carbons (Fsp3) is 0.0492. The monoisotopic (exact) mass is 814 g/mol. The van der Waals surface area contributed by atoms with Crippen molar-refractivity contribution in [2.45, 2.75) is 19.3 Å². The first-order chi connectivity index (χ1) is 31.5. The maximum atomic E-state index is 2.67. The minimum absolute atomic E-state index is 0.131. The number of rotatable bonds is 5. The van der Waals surface area contributed by atoms with Crippen LogP contribution < -0.4 is 20.6 Å². The summed E-state index contributed by atoms with van der Waals surface area (Å²) in [6, 6.07) is 83.6. The van der Waals surface area contributed by atoms with E-state index in [9.17, 15) is 0 Å². The van der Waals surface area contributed by atoms with E-state index in [-0.39, 0.29) is 12.3 Å². The summed E-state index contributed by atoms with van der Waals surface area (Å²) >= 11 is 0. The lowest BCUT2D eigenvalue weighted by Gasteiger charge is -2.46. The molecule has 0 unspecified atom stereocenters. The second-order valence-electron chi connectivity index (χ2n) is 18.1. The highest BCUT2D eigenvalue weighted by molar-refractivity contribution is 6.94. The number of fused-ring (bicyclic) bond motifs is 9. The van der Waals surface area contributed by atoms with Gasteiger partial charge in [0.05, 0.1) is 5.69 Å². The first kappa shape index (κ1) is 36.7. The molecule has 0 saturated carbocycles. The molecule has 0 radical (unpaired) electrons. The molecular weight excluding hydrogens is 771 g/mol. The van der Waals surface area contributed by atoms with Crippen molar-refractivity contribution in [3.8, 4) is 55.6 Å². The van der Waals surface area contributed by atoms with Gasteiger partial charge in [0.25, 0.3) is 0 Å². The van der Waals surface area contributed by atoms with Crippen LogP contribution in [0.15, 0.2) is 224 Å². The highest BCUT2D eigenvalue weighted by Crippen LogP contribution is 2.55. The van der Waals surface area contributed by atoms with E-state index in [1.165, 1.54) is 111 Å². The maximum absolute atomic E-state index is 2.67. The molecule has 0 N–H and O–H groups in total. The topological polar surface area (TPSA) is 6.48 Å². The molecular formula is C61H43BN2. The summed E-state index contributed by atoms with van der Waals surface area (Å²) in [6.07, 6.45) is 0. The molecule has 0 saturated heterocycles. The van der Waals surface area contributed by atoms with Crippen LogP contribution in [0.25, 0.3) is 66.4 Å². The zero-order valence-corrected chi connectivity index (χ0v) is 35.8.